The number of benzene rings is 1. The third-order valence-electron chi connectivity index (χ3n) is 3.34. The van der Waals surface area contributed by atoms with Crippen molar-refractivity contribution in [3.05, 3.63) is 29.8 Å². The number of thiocarbonyl (C=S) groups is 1. The molecule has 0 aliphatic carbocycles. The number of ether oxygens (including phenoxy) is 2. The lowest BCUT2D eigenvalue weighted by molar-refractivity contribution is -0.145. The van der Waals surface area contributed by atoms with Crippen molar-refractivity contribution in [2.24, 2.45) is 0 Å². The molecule has 1 rings (SSSR count). The normalized spacial score (nSPS) is 10.7. The van der Waals surface area contributed by atoms with Crippen LogP contribution < -0.4 is 4.74 Å². The van der Waals surface area contributed by atoms with Gasteiger partial charge in [-0.05, 0) is 56.5 Å². The molecule has 0 unspecified atom stereocenters. The third-order valence-corrected chi connectivity index (χ3v) is 4.85. The highest BCUT2D eigenvalue weighted by atomic mass is 32.2. The number of hydrogen-bond acceptors (Lipinski definition) is 7. The molecule has 0 radical (unpaired) electrons. The molecule has 6 nitrogen and oxygen atoms in total. The number of aliphatic carboxylic acids is 1. The first kappa shape index (κ1) is 22.9. The van der Waals surface area contributed by atoms with Crippen LogP contribution in [0.25, 0.3) is 0 Å². The molecule has 0 aliphatic heterocycles. The topological polar surface area (TPSA) is 96.6 Å². The maximum Gasteiger partial charge on any atom is 0.305 e. The van der Waals surface area contributed by atoms with Crippen LogP contribution in [0.15, 0.2) is 24.3 Å². The molecular formula is C19H23NO5S2. The van der Waals surface area contributed by atoms with Gasteiger partial charge in [-0.1, -0.05) is 24.0 Å². The fraction of sp³-hybridized carbons (Fsp3) is 0.474. The average molecular weight is 410 g/mol. The van der Waals surface area contributed by atoms with E-state index in [4.69, 9.17) is 32.1 Å². The maximum atomic E-state index is 11.5. The first-order valence-electron chi connectivity index (χ1n) is 8.48. The summed E-state index contributed by atoms with van der Waals surface area (Å²) in [4.78, 5) is 21.9. The van der Waals surface area contributed by atoms with Gasteiger partial charge in [-0.15, -0.1) is 0 Å². The first-order valence-corrected chi connectivity index (χ1v) is 9.71. The van der Waals surface area contributed by atoms with Crippen LogP contribution in [0.1, 0.15) is 45.1 Å². The van der Waals surface area contributed by atoms with E-state index >= 15 is 0 Å². The molecule has 0 saturated heterocycles. The smallest absolute Gasteiger partial charge is 0.305 e. The maximum absolute atomic E-state index is 11.5. The number of rotatable bonds is 11. The minimum atomic E-state index is -0.865. The number of esters is 1. The quantitative estimate of drug-likeness (QED) is 0.333. The molecule has 0 amide bonds. The van der Waals surface area contributed by atoms with Gasteiger partial charge >= 0.3 is 11.9 Å². The highest BCUT2D eigenvalue weighted by Gasteiger charge is 2.20. The van der Waals surface area contributed by atoms with E-state index in [1.165, 1.54) is 11.8 Å². The number of nitrogens with zero attached hydrogens (tertiary/aromatic N) is 1. The molecule has 0 aromatic heterocycles. The molecule has 0 bridgehead atoms. The van der Waals surface area contributed by atoms with Crippen molar-refractivity contribution in [2.75, 3.05) is 13.2 Å². The highest BCUT2D eigenvalue weighted by Crippen LogP contribution is 2.28. The first-order chi connectivity index (χ1) is 12.7. The summed E-state index contributed by atoms with van der Waals surface area (Å²) in [6.45, 7) is 3.98. The fourth-order valence-electron chi connectivity index (χ4n) is 1.93. The van der Waals surface area contributed by atoms with Crippen LogP contribution >= 0.6 is 24.0 Å². The Morgan fingerprint density at radius 2 is 1.81 bits per heavy atom. The largest absolute Gasteiger partial charge is 0.490 e. The Bertz CT molecular complexity index is 695. The van der Waals surface area contributed by atoms with Crippen LogP contribution in [0.5, 0.6) is 5.75 Å². The predicted molar refractivity (Wildman–Crippen MR) is 108 cm³/mol. The lowest BCUT2D eigenvalue weighted by Crippen LogP contribution is -2.14. The van der Waals surface area contributed by atoms with Gasteiger partial charge in [-0.2, -0.15) is 5.26 Å². The van der Waals surface area contributed by atoms with Crippen LogP contribution in [0, 0.1) is 11.3 Å². The summed E-state index contributed by atoms with van der Waals surface area (Å²) < 4.78 is 10.6. The summed E-state index contributed by atoms with van der Waals surface area (Å²) in [7, 11) is 0. The fourth-order valence-corrected chi connectivity index (χ4v) is 3.46. The van der Waals surface area contributed by atoms with E-state index in [0.717, 1.165) is 5.56 Å². The lowest BCUT2D eigenvalue weighted by atomic mass is 10.2. The molecule has 146 valence electrons. The second-order valence-electron chi connectivity index (χ2n) is 6.21. The molecule has 0 fully saturated rings. The molecule has 27 heavy (non-hydrogen) atoms. The lowest BCUT2D eigenvalue weighted by Gasteiger charge is -2.15. The van der Waals surface area contributed by atoms with E-state index in [9.17, 15) is 9.59 Å². The van der Waals surface area contributed by atoms with E-state index in [1.807, 2.05) is 26.0 Å². The van der Waals surface area contributed by atoms with Crippen LogP contribution in [-0.4, -0.2) is 39.2 Å². The highest BCUT2D eigenvalue weighted by molar-refractivity contribution is 8.24. The van der Waals surface area contributed by atoms with E-state index < -0.39 is 10.7 Å². The van der Waals surface area contributed by atoms with Gasteiger partial charge in [-0.25, -0.2) is 0 Å². The van der Waals surface area contributed by atoms with Crippen molar-refractivity contribution >= 4 is 40.1 Å². The third kappa shape index (κ3) is 9.97. The van der Waals surface area contributed by atoms with Gasteiger partial charge in [0.1, 0.15) is 23.7 Å². The standard InChI is InChI=1S/C19H23NO5S2/c1-19(2,13-20)27-18(26)14-7-9-15(10-8-14)24-11-12-25-17(23)6-4-3-5-16(21)22/h7-10H,3-6,11-12H2,1-2H3,(H,21,22). The van der Waals surface area contributed by atoms with Gasteiger partial charge in [0.2, 0.25) is 0 Å². The summed E-state index contributed by atoms with van der Waals surface area (Å²) in [5, 5.41) is 17.6. The zero-order valence-electron chi connectivity index (χ0n) is 15.4. The van der Waals surface area contributed by atoms with Crippen molar-refractivity contribution in [3.8, 4) is 11.8 Å². The van der Waals surface area contributed by atoms with Crippen LogP contribution in [0.2, 0.25) is 0 Å². The van der Waals surface area contributed by atoms with E-state index in [2.05, 4.69) is 6.07 Å². The van der Waals surface area contributed by atoms with Crippen molar-refractivity contribution in [1.82, 2.24) is 0 Å². The van der Waals surface area contributed by atoms with Gasteiger partial charge < -0.3 is 14.6 Å². The molecule has 0 heterocycles. The summed E-state index contributed by atoms with van der Waals surface area (Å²) in [5.41, 5.74) is 0.846. The molecule has 0 atom stereocenters. The Morgan fingerprint density at radius 3 is 2.41 bits per heavy atom. The molecule has 1 aromatic carbocycles. The van der Waals surface area contributed by atoms with E-state index in [-0.39, 0.29) is 32.0 Å². The molecule has 0 aliphatic rings. The Hall–Kier alpha value is -2.11. The number of hydrogen-bond donors (Lipinski definition) is 1. The van der Waals surface area contributed by atoms with Crippen molar-refractivity contribution in [3.63, 3.8) is 0 Å². The Kier molecular flexibility index (Phi) is 9.83. The van der Waals surface area contributed by atoms with Gasteiger partial charge in [0.25, 0.3) is 0 Å². The SMILES string of the molecule is CC(C)(C#N)SC(=S)c1ccc(OCCOC(=O)CCCCC(=O)O)cc1. The second-order valence-corrected chi connectivity index (χ2v) is 8.51. The predicted octanol–water partition coefficient (Wildman–Crippen LogP) is 3.96. The van der Waals surface area contributed by atoms with Gasteiger partial charge in [0, 0.05) is 12.8 Å². The number of carboxylic acid groups (broad SMARTS) is 1. The number of carbonyl (C=O) groups excluding carboxylic acids is 1. The van der Waals surface area contributed by atoms with E-state index in [1.54, 1.807) is 12.1 Å². The summed E-state index contributed by atoms with van der Waals surface area (Å²) in [6, 6.07) is 9.40. The Balaban J connectivity index is 2.28. The van der Waals surface area contributed by atoms with E-state index in [0.29, 0.717) is 22.8 Å². The monoisotopic (exact) mass is 409 g/mol. The second kappa shape index (κ2) is 11.6. The Morgan fingerprint density at radius 1 is 1.19 bits per heavy atom. The van der Waals surface area contributed by atoms with Crippen LogP contribution in [0.3, 0.4) is 0 Å². The summed E-state index contributed by atoms with van der Waals surface area (Å²) in [6.07, 6.45) is 1.21. The molecule has 8 heteroatoms. The van der Waals surface area contributed by atoms with Gasteiger partial charge in [0.15, 0.2) is 0 Å². The van der Waals surface area contributed by atoms with Crippen molar-refractivity contribution in [2.45, 2.75) is 44.3 Å². The van der Waals surface area contributed by atoms with Crippen molar-refractivity contribution in [1.29, 1.82) is 5.26 Å². The summed E-state index contributed by atoms with van der Waals surface area (Å²) >= 11 is 6.69. The number of carboxylic acids is 1. The molecule has 0 spiro atoms. The number of thioether (sulfide) groups is 1. The van der Waals surface area contributed by atoms with Crippen molar-refractivity contribution < 1.29 is 24.2 Å². The molecular weight excluding hydrogens is 386 g/mol. The van der Waals surface area contributed by atoms with Crippen LogP contribution in [-0.2, 0) is 14.3 Å². The minimum absolute atomic E-state index is 0.0579. The van der Waals surface area contributed by atoms with Gasteiger partial charge in [0.05, 0.1) is 10.3 Å². The minimum Gasteiger partial charge on any atom is -0.490 e. The molecule has 1 N–H and O–H groups in total. The number of carbonyl (C=O) groups is 2. The Labute approximate surface area is 168 Å². The number of unbranched alkanes of at least 4 members (excludes halogenated alkanes) is 1. The number of nitriles is 1. The van der Waals surface area contributed by atoms with Crippen LogP contribution in [0.4, 0.5) is 0 Å². The molecule has 0 saturated carbocycles. The van der Waals surface area contributed by atoms with Gasteiger partial charge in [-0.3, -0.25) is 9.59 Å². The zero-order chi connectivity index (χ0) is 20.3. The molecule has 1 aromatic rings. The average Bonchev–Trinajstić information content (AvgIpc) is 2.62. The zero-order valence-corrected chi connectivity index (χ0v) is 17.0. The summed E-state index contributed by atoms with van der Waals surface area (Å²) in [5.74, 6) is -0.596.